The molecular weight excluding hydrogens is 384 g/mol. The number of rotatable bonds is 4. The highest BCUT2D eigenvalue weighted by atomic mass is 35.5. The maximum atomic E-state index is 12.5. The van der Waals surface area contributed by atoms with Crippen LogP contribution < -0.4 is 5.56 Å². The summed E-state index contributed by atoms with van der Waals surface area (Å²) in [7, 11) is 0. The highest BCUT2D eigenvalue weighted by molar-refractivity contribution is 7.12. The molecule has 0 aliphatic rings. The van der Waals surface area contributed by atoms with Gasteiger partial charge in [0.1, 0.15) is 17.3 Å². The molecule has 2 aromatic heterocycles. The van der Waals surface area contributed by atoms with Crippen LogP contribution in [-0.2, 0) is 11.3 Å². The van der Waals surface area contributed by atoms with Gasteiger partial charge in [0.15, 0.2) is 0 Å². The number of fused-ring (bicyclic) bond motifs is 1. The molecular formula is C20H13ClN2O3S. The fourth-order valence-corrected chi connectivity index (χ4v) is 3.72. The van der Waals surface area contributed by atoms with Crippen LogP contribution in [0.2, 0.25) is 5.02 Å². The number of nitrogens with one attached hydrogen (secondary N) is 1. The van der Waals surface area contributed by atoms with E-state index in [4.69, 9.17) is 16.3 Å². The Morgan fingerprint density at radius 2 is 1.96 bits per heavy atom. The van der Waals surface area contributed by atoms with Crippen molar-refractivity contribution in [3.05, 3.63) is 86.1 Å². The lowest BCUT2D eigenvalue weighted by atomic mass is 10.1. The highest BCUT2D eigenvalue weighted by Gasteiger charge is 2.16. The Hall–Kier alpha value is -2.96. The third-order valence-electron chi connectivity index (χ3n) is 3.99. The van der Waals surface area contributed by atoms with Crippen molar-refractivity contribution >= 4 is 39.8 Å². The number of halogens is 1. The molecule has 0 spiro atoms. The summed E-state index contributed by atoms with van der Waals surface area (Å²) in [4.78, 5) is 32.1. The number of carbonyl (C=O) groups excluding carboxylic acids is 1. The zero-order chi connectivity index (χ0) is 18.8. The van der Waals surface area contributed by atoms with Crippen LogP contribution in [0.5, 0.6) is 0 Å². The molecule has 7 heteroatoms. The monoisotopic (exact) mass is 396 g/mol. The van der Waals surface area contributed by atoms with Crippen molar-refractivity contribution in [2.45, 2.75) is 6.61 Å². The molecule has 4 rings (SSSR count). The number of hydrogen-bond acceptors (Lipinski definition) is 5. The maximum absolute atomic E-state index is 12.5. The third-order valence-corrected chi connectivity index (χ3v) is 5.12. The minimum atomic E-state index is -0.460. The number of aromatic amines is 1. The van der Waals surface area contributed by atoms with Crippen LogP contribution in [0.3, 0.4) is 0 Å². The Morgan fingerprint density at radius 3 is 2.78 bits per heavy atom. The summed E-state index contributed by atoms with van der Waals surface area (Å²) < 4.78 is 5.37. The van der Waals surface area contributed by atoms with E-state index in [1.165, 1.54) is 11.3 Å². The van der Waals surface area contributed by atoms with Crippen molar-refractivity contribution in [3.8, 4) is 11.1 Å². The Labute approximate surface area is 163 Å². The Kier molecular flexibility index (Phi) is 4.75. The molecule has 0 saturated carbocycles. The van der Waals surface area contributed by atoms with E-state index in [0.717, 1.165) is 11.1 Å². The molecule has 0 aliphatic heterocycles. The van der Waals surface area contributed by atoms with E-state index in [-0.39, 0.29) is 18.0 Å². The molecule has 0 saturated heterocycles. The van der Waals surface area contributed by atoms with Gasteiger partial charge in [0, 0.05) is 10.6 Å². The number of nitrogens with zero attached hydrogens (tertiary/aromatic N) is 1. The first-order valence-corrected chi connectivity index (χ1v) is 9.36. The van der Waals surface area contributed by atoms with E-state index in [2.05, 4.69) is 9.97 Å². The topological polar surface area (TPSA) is 72.0 Å². The predicted octanol–water partition coefficient (Wildman–Crippen LogP) is 4.66. The molecule has 0 amide bonds. The molecule has 134 valence electrons. The normalized spacial score (nSPS) is 10.9. The molecule has 0 radical (unpaired) electrons. The van der Waals surface area contributed by atoms with Crippen LogP contribution in [0, 0.1) is 0 Å². The van der Waals surface area contributed by atoms with Gasteiger partial charge < -0.3 is 9.72 Å². The molecule has 0 unspecified atom stereocenters. The second kappa shape index (κ2) is 7.34. The van der Waals surface area contributed by atoms with E-state index in [1.807, 2.05) is 41.8 Å². The molecule has 27 heavy (non-hydrogen) atoms. The van der Waals surface area contributed by atoms with Gasteiger partial charge in [-0.1, -0.05) is 41.9 Å². The lowest BCUT2D eigenvalue weighted by Gasteiger charge is -2.07. The Balaban J connectivity index is 1.56. The molecule has 0 aliphatic carbocycles. The summed E-state index contributed by atoms with van der Waals surface area (Å²) >= 11 is 7.27. The number of hydrogen-bond donors (Lipinski definition) is 1. The number of benzene rings is 2. The van der Waals surface area contributed by atoms with Crippen molar-refractivity contribution in [2.75, 3.05) is 0 Å². The zero-order valence-corrected chi connectivity index (χ0v) is 15.5. The number of carbonyl (C=O) groups is 1. The van der Waals surface area contributed by atoms with Crippen LogP contribution in [0.4, 0.5) is 0 Å². The molecule has 2 aromatic carbocycles. The van der Waals surface area contributed by atoms with Gasteiger partial charge >= 0.3 is 5.97 Å². The predicted molar refractivity (Wildman–Crippen MR) is 106 cm³/mol. The number of thiophene rings is 1. The summed E-state index contributed by atoms with van der Waals surface area (Å²) in [5, 5.41) is 2.76. The van der Waals surface area contributed by atoms with E-state index < -0.39 is 5.97 Å². The molecule has 2 heterocycles. The second-order valence-corrected chi connectivity index (χ2v) is 7.13. The summed E-state index contributed by atoms with van der Waals surface area (Å²) in [5.41, 5.74) is 1.91. The fraction of sp³-hybridized carbons (Fsp3) is 0.0500. The van der Waals surface area contributed by atoms with E-state index in [1.54, 1.807) is 18.2 Å². The standard InChI is InChI=1S/C20H13ClN2O3S/c21-13-6-7-15-16(10-13)22-17(23-19(15)24)11-26-20(25)18-14(8-9-27-18)12-4-2-1-3-5-12/h1-10H,11H2,(H,22,23,24). The lowest BCUT2D eigenvalue weighted by Crippen LogP contribution is -2.14. The Morgan fingerprint density at radius 1 is 1.15 bits per heavy atom. The smallest absolute Gasteiger partial charge is 0.349 e. The van der Waals surface area contributed by atoms with E-state index in [9.17, 15) is 9.59 Å². The van der Waals surface area contributed by atoms with Gasteiger partial charge in [0.2, 0.25) is 0 Å². The number of ether oxygens (including phenoxy) is 1. The highest BCUT2D eigenvalue weighted by Crippen LogP contribution is 2.29. The van der Waals surface area contributed by atoms with E-state index >= 15 is 0 Å². The molecule has 0 fully saturated rings. The van der Waals surface area contributed by atoms with Crippen molar-refractivity contribution in [1.29, 1.82) is 0 Å². The van der Waals surface area contributed by atoms with Gasteiger partial charge in [-0.05, 0) is 35.2 Å². The van der Waals surface area contributed by atoms with Gasteiger partial charge in [-0.25, -0.2) is 9.78 Å². The average Bonchev–Trinajstić information content (AvgIpc) is 3.16. The van der Waals surface area contributed by atoms with Crippen LogP contribution in [0.15, 0.2) is 64.8 Å². The van der Waals surface area contributed by atoms with Crippen LogP contribution in [0.1, 0.15) is 15.5 Å². The minimum absolute atomic E-state index is 0.136. The quantitative estimate of drug-likeness (QED) is 0.509. The lowest BCUT2D eigenvalue weighted by molar-refractivity contribution is 0.0469. The fourth-order valence-electron chi connectivity index (χ4n) is 2.74. The van der Waals surface area contributed by atoms with Crippen LogP contribution in [-0.4, -0.2) is 15.9 Å². The number of esters is 1. The maximum Gasteiger partial charge on any atom is 0.349 e. The molecule has 0 bridgehead atoms. The molecule has 4 aromatic rings. The summed E-state index contributed by atoms with van der Waals surface area (Å²) in [6.45, 7) is -0.136. The number of aromatic nitrogens is 2. The molecule has 5 nitrogen and oxygen atoms in total. The van der Waals surface area contributed by atoms with Gasteiger partial charge in [-0.2, -0.15) is 0 Å². The third kappa shape index (κ3) is 3.63. The van der Waals surface area contributed by atoms with Crippen molar-refractivity contribution in [2.24, 2.45) is 0 Å². The van der Waals surface area contributed by atoms with Gasteiger partial charge in [-0.3, -0.25) is 4.79 Å². The van der Waals surface area contributed by atoms with Crippen LogP contribution >= 0.6 is 22.9 Å². The van der Waals surface area contributed by atoms with Crippen molar-refractivity contribution in [3.63, 3.8) is 0 Å². The first-order chi connectivity index (χ1) is 13.1. The van der Waals surface area contributed by atoms with Crippen molar-refractivity contribution < 1.29 is 9.53 Å². The summed E-state index contributed by atoms with van der Waals surface area (Å²) in [6, 6.07) is 16.3. The SMILES string of the molecule is O=C(OCc1nc2cc(Cl)ccc2c(=O)[nH]1)c1sccc1-c1ccccc1. The largest absolute Gasteiger partial charge is 0.453 e. The van der Waals surface area contributed by atoms with Gasteiger partial charge in [0.05, 0.1) is 10.9 Å². The summed E-state index contributed by atoms with van der Waals surface area (Å²) in [5.74, 6) is -0.196. The van der Waals surface area contributed by atoms with Gasteiger partial charge in [-0.15, -0.1) is 11.3 Å². The second-order valence-electron chi connectivity index (χ2n) is 5.78. The first kappa shape index (κ1) is 17.5. The summed E-state index contributed by atoms with van der Waals surface area (Å²) in [6.07, 6.45) is 0. The number of H-pyrrole nitrogens is 1. The first-order valence-electron chi connectivity index (χ1n) is 8.10. The van der Waals surface area contributed by atoms with Crippen LogP contribution in [0.25, 0.3) is 22.0 Å². The zero-order valence-electron chi connectivity index (χ0n) is 13.9. The Bertz CT molecular complexity index is 1180. The minimum Gasteiger partial charge on any atom is -0.453 e. The van der Waals surface area contributed by atoms with Crippen molar-refractivity contribution in [1.82, 2.24) is 9.97 Å². The molecule has 0 atom stereocenters. The van der Waals surface area contributed by atoms with Gasteiger partial charge in [0.25, 0.3) is 5.56 Å². The molecule has 1 N–H and O–H groups in total. The average molecular weight is 397 g/mol. The van der Waals surface area contributed by atoms with E-state index in [0.29, 0.717) is 20.8 Å².